The molecule has 0 atom stereocenters. The van der Waals surface area contributed by atoms with Crippen LogP contribution in [0.4, 0.5) is 5.95 Å². The molecule has 0 unspecified atom stereocenters. The number of ether oxygens (including phenoxy) is 1. The molecular weight excluding hydrogens is 364 g/mol. The SMILES string of the molecule is CCCCCCCCCCCCCCCCN=c1cc(OCCC)nc(N)n1O. The average molecular weight is 409 g/mol. The van der Waals surface area contributed by atoms with E-state index in [9.17, 15) is 5.21 Å². The molecule has 168 valence electrons. The van der Waals surface area contributed by atoms with Crippen LogP contribution in [-0.4, -0.2) is 28.1 Å². The zero-order chi connectivity index (χ0) is 21.2. The van der Waals surface area contributed by atoms with E-state index in [1.807, 2.05) is 6.92 Å². The Labute approximate surface area is 177 Å². The van der Waals surface area contributed by atoms with Crippen molar-refractivity contribution in [2.45, 2.75) is 110 Å². The number of hydrogen-bond donors (Lipinski definition) is 2. The Morgan fingerprint density at radius 3 is 1.90 bits per heavy atom. The zero-order valence-corrected chi connectivity index (χ0v) is 18.9. The maximum absolute atomic E-state index is 9.94. The van der Waals surface area contributed by atoms with E-state index in [1.54, 1.807) is 6.07 Å². The number of aromatic nitrogens is 2. The van der Waals surface area contributed by atoms with Gasteiger partial charge in [-0.1, -0.05) is 97.3 Å². The fourth-order valence-electron chi connectivity index (χ4n) is 3.37. The molecule has 6 heteroatoms. The first-order valence-corrected chi connectivity index (χ1v) is 11.9. The van der Waals surface area contributed by atoms with Crippen LogP contribution in [0.15, 0.2) is 11.1 Å². The fraction of sp³-hybridized carbons (Fsp3) is 0.826. The maximum Gasteiger partial charge on any atom is 0.239 e. The number of hydrogen-bond acceptors (Lipinski definition) is 5. The Kier molecular flexibility index (Phi) is 15.0. The molecule has 6 nitrogen and oxygen atoms in total. The van der Waals surface area contributed by atoms with Gasteiger partial charge < -0.3 is 15.7 Å². The lowest BCUT2D eigenvalue weighted by Crippen LogP contribution is -2.24. The van der Waals surface area contributed by atoms with Gasteiger partial charge in [-0.05, 0) is 12.8 Å². The maximum atomic E-state index is 9.94. The molecule has 0 aliphatic carbocycles. The zero-order valence-electron chi connectivity index (χ0n) is 18.9. The number of nitrogens with two attached hydrogens (primary N) is 1. The molecule has 29 heavy (non-hydrogen) atoms. The van der Waals surface area contributed by atoms with Gasteiger partial charge in [-0.15, -0.1) is 4.73 Å². The highest BCUT2D eigenvalue weighted by atomic mass is 16.5. The van der Waals surface area contributed by atoms with E-state index in [-0.39, 0.29) is 5.95 Å². The van der Waals surface area contributed by atoms with Gasteiger partial charge in [0.05, 0.1) is 6.61 Å². The summed E-state index contributed by atoms with van der Waals surface area (Å²) >= 11 is 0. The van der Waals surface area contributed by atoms with Crippen LogP contribution in [0.25, 0.3) is 0 Å². The summed E-state index contributed by atoms with van der Waals surface area (Å²) in [4.78, 5) is 8.44. The fourth-order valence-corrected chi connectivity index (χ4v) is 3.37. The van der Waals surface area contributed by atoms with Gasteiger partial charge in [-0.2, -0.15) is 4.98 Å². The van der Waals surface area contributed by atoms with Gasteiger partial charge in [0.1, 0.15) is 0 Å². The molecule has 3 N–H and O–H groups in total. The monoisotopic (exact) mass is 408 g/mol. The molecule has 1 aromatic heterocycles. The average Bonchev–Trinajstić information content (AvgIpc) is 2.72. The number of nitrogens with zero attached hydrogens (tertiary/aromatic N) is 3. The molecule has 0 aromatic carbocycles. The molecule has 0 amide bonds. The summed E-state index contributed by atoms with van der Waals surface area (Å²) in [7, 11) is 0. The van der Waals surface area contributed by atoms with Gasteiger partial charge in [0.25, 0.3) is 0 Å². The topological polar surface area (TPSA) is 85.7 Å². The predicted molar refractivity (Wildman–Crippen MR) is 120 cm³/mol. The van der Waals surface area contributed by atoms with Crippen LogP contribution < -0.4 is 16.0 Å². The largest absolute Gasteiger partial charge is 0.477 e. The Morgan fingerprint density at radius 1 is 0.862 bits per heavy atom. The Balaban J connectivity index is 2.07. The first-order valence-electron chi connectivity index (χ1n) is 11.9. The summed E-state index contributed by atoms with van der Waals surface area (Å²) in [5.41, 5.74) is 6.11. The summed E-state index contributed by atoms with van der Waals surface area (Å²) in [5.74, 6) is 0.410. The third-order valence-corrected chi connectivity index (χ3v) is 5.15. The van der Waals surface area contributed by atoms with Crippen molar-refractivity contribution in [3.8, 4) is 5.88 Å². The van der Waals surface area contributed by atoms with Crippen molar-refractivity contribution in [2.75, 3.05) is 18.9 Å². The summed E-state index contributed by atoms with van der Waals surface area (Å²) in [6, 6.07) is 1.63. The molecule has 1 heterocycles. The van der Waals surface area contributed by atoms with Crippen molar-refractivity contribution in [1.82, 2.24) is 9.71 Å². The van der Waals surface area contributed by atoms with Crippen LogP contribution in [-0.2, 0) is 0 Å². The standard InChI is InChI=1S/C23H44N4O2/c1-3-5-6-7-8-9-10-11-12-13-14-15-16-17-18-25-21-20-22(29-19-4-2)26-23(24)27(21)28/h20,28H,3-19H2,1-2H3,(H2,24,26). The van der Waals surface area contributed by atoms with Crippen molar-refractivity contribution in [3.05, 3.63) is 11.6 Å². The van der Waals surface area contributed by atoms with Crippen LogP contribution >= 0.6 is 0 Å². The molecule has 0 aliphatic rings. The van der Waals surface area contributed by atoms with Crippen molar-refractivity contribution in [1.29, 1.82) is 0 Å². The van der Waals surface area contributed by atoms with Gasteiger partial charge >= 0.3 is 0 Å². The molecule has 0 radical (unpaired) electrons. The van der Waals surface area contributed by atoms with E-state index in [2.05, 4.69) is 16.9 Å². The lowest BCUT2D eigenvalue weighted by atomic mass is 10.0. The van der Waals surface area contributed by atoms with Crippen LogP contribution in [0.1, 0.15) is 110 Å². The van der Waals surface area contributed by atoms with Crippen LogP contribution in [0.5, 0.6) is 5.88 Å². The molecule has 0 fully saturated rings. The molecule has 0 saturated carbocycles. The second-order valence-electron chi connectivity index (χ2n) is 7.95. The molecular formula is C23H44N4O2. The Morgan fingerprint density at radius 2 is 1.38 bits per heavy atom. The van der Waals surface area contributed by atoms with E-state index in [1.165, 1.54) is 83.5 Å². The van der Waals surface area contributed by atoms with Crippen molar-refractivity contribution >= 4 is 5.95 Å². The molecule has 1 aromatic rings. The highest BCUT2D eigenvalue weighted by molar-refractivity contribution is 5.21. The Hall–Kier alpha value is -1.72. The minimum absolute atomic E-state index is 0.00156. The smallest absolute Gasteiger partial charge is 0.239 e. The van der Waals surface area contributed by atoms with Crippen LogP contribution in [0.2, 0.25) is 0 Å². The number of anilines is 1. The number of unbranched alkanes of at least 4 members (excludes halogenated alkanes) is 13. The van der Waals surface area contributed by atoms with Crippen molar-refractivity contribution in [3.63, 3.8) is 0 Å². The quantitative estimate of drug-likeness (QED) is 0.235. The molecule has 0 bridgehead atoms. The highest BCUT2D eigenvalue weighted by Gasteiger charge is 2.04. The lowest BCUT2D eigenvalue weighted by molar-refractivity contribution is 0.172. The minimum atomic E-state index is -0.00156. The van der Waals surface area contributed by atoms with E-state index < -0.39 is 0 Å². The van der Waals surface area contributed by atoms with Gasteiger partial charge in [0, 0.05) is 12.6 Å². The normalized spacial score (nSPS) is 11.9. The predicted octanol–water partition coefficient (Wildman–Crippen LogP) is 5.87. The van der Waals surface area contributed by atoms with Gasteiger partial charge in [-0.3, -0.25) is 4.99 Å². The van der Waals surface area contributed by atoms with Gasteiger partial charge in [-0.25, -0.2) is 0 Å². The first kappa shape index (κ1) is 25.3. The van der Waals surface area contributed by atoms with E-state index in [0.29, 0.717) is 24.5 Å². The highest BCUT2D eigenvalue weighted by Crippen LogP contribution is 2.13. The summed E-state index contributed by atoms with van der Waals surface area (Å²) in [5, 5.41) is 9.94. The van der Waals surface area contributed by atoms with Crippen molar-refractivity contribution in [2.24, 2.45) is 4.99 Å². The third kappa shape index (κ3) is 12.4. The molecule has 0 spiro atoms. The summed E-state index contributed by atoms with van der Waals surface area (Å²) in [6.07, 6.45) is 19.6. The first-order chi connectivity index (χ1) is 14.2. The minimum Gasteiger partial charge on any atom is -0.477 e. The lowest BCUT2D eigenvalue weighted by Gasteiger charge is -2.07. The number of rotatable bonds is 18. The van der Waals surface area contributed by atoms with Gasteiger partial charge in [0.2, 0.25) is 11.8 Å². The second-order valence-corrected chi connectivity index (χ2v) is 7.95. The molecule has 1 rings (SSSR count). The molecule has 0 aliphatic heterocycles. The summed E-state index contributed by atoms with van der Waals surface area (Å²) in [6.45, 7) is 5.55. The van der Waals surface area contributed by atoms with Crippen molar-refractivity contribution < 1.29 is 9.94 Å². The van der Waals surface area contributed by atoms with E-state index in [0.717, 1.165) is 17.6 Å². The Bertz CT molecular complexity index is 587. The third-order valence-electron chi connectivity index (χ3n) is 5.15. The van der Waals surface area contributed by atoms with Crippen LogP contribution in [0.3, 0.4) is 0 Å². The summed E-state index contributed by atoms with van der Waals surface area (Å²) < 4.78 is 6.31. The number of nitrogen functional groups attached to an aromatic ring is 1. The van der Waals surface area contributed by atoms with E-state index >= 15 is 0 Å². The van der Waals surface area contributed by atoms with Gasteiger partial charge in [0.15, 0.2) is 5.49 Å². The second kappa shape index (κ2) is 17.2. The van der Waals surface area contributed by atoms with Crippen LogP contribution in [0, 0.1) is 0 Å². The van der Waals surface area contributed by atoms with E-state index in [4.69, 9.17) is 10.5 Å². The molecule has 0 saturated heterocycles.